The van der Waals surface area contributed by atoms with Gasteiger partial charge in [0, 0.05) is 25.6 Å². The van der Waals surface area contributed by atoms with E-state index in [0.29, 0.717) is 30.4 Å². The normalized spacial score (nSPS) is 11.4. The Balaban J connectivity index is 0.00000441. The highest BCUT2D eigenvalue weighted by Gasteiger charge is 2.26. The van der Waals surface area contributed by atoms with Gasteiger partial charge in [0.2, 0.25) is 5.76 Å². The van der Waals surface area contributed by atoms with Crippen molar-refractivity contribution in [3.05, 3.63) is 100 Å². The molecule has 1 aromatic heterocycles. The minimum absolute atomic E-state index is 0. The lowest BCUT2D eigenvalue weighted by molar-refractivity contribution is -0.938. The Kier molecular flexibility index (Phi) is 11.1. The highest BCUT2D eigenvalue weighted by Crippen LogP contribution is 2.22. The first-order valence-electron chi connectivity index (χ1n) is 14.3. The number of aromatic nitrogens is 1. The van der Waals surface area contributed by atoms with E-state index in [-0.39, 0.29) is 22.9 Å². The van der Waals surface area contributed by atoms with E-state index in [4.69, 9.17) is 4.42 Å². The van der Waals surface area contributed by atoms with Gasteiger partial charge in [-0.25, -0.2) is 4.98 Å². The fraction of sp³-hybridized carbons (Fsp3) is 0.412. The summed E-state index contributed by atoms with van der Waals surface area (Å²) in [5.41, 5.74) is 5.85. The molecule has 0 fully saturated rings. The van der Waals surface area contributed by atoms with E-state index >= 15 is 0 Å². The van der Waals surface area contributed by atoms with E-state index in [1.165, 1.54) is 27.5 Å². The molecular formula is C34H44BrN3O2. The van der Waals surface area contributed by atoms with Crippen LogP contribution in [0.5, 0.6) is 0 Å². The number of benzene rings is 3. The molecule has 214 valence electrons. The number of fused-ring (bicyclic) bond motifs is 1. The van der Waals surface area contributed by atoms with Gasteiger partial charge in [0.05, 0.1) is 25.3 Å². The van der Waals surface area contributed by atoms with Crippen molar-refractivity contribution >= 4 is 16.7 Å². The first-order chi connectivity index (χ1) is 18.7. The Morgan fingerprint density at radius 2 is 1.52 bits per heavy atom. The number of hydrogen-bond donors (Lipinski definition) is 0. The SMILES string of the molecule is CC[N+](CC)(CCCCN(Cc1ccc2ccccc2c1)C(=O)c1oc(C)nc1C)Cc1cc(C)cc(C)c1.[Br-]. The molecule has 0 saturated carbocycles. The standard InChI is InChI=1S/C34H44N3O2.BrH/c1-7-37(8-2,24-30-20-25(3)19-26(4)21-30)18-12-11-17-36(34(38)33-27(5)35-28(6)39-33)23-29-15-16-31-13-9-10-14-32(31)22-29;/h9-10,13-16,19-22H,7-8,11-12,17-18,23-24H2,1-6H3;1H/q+1;/p-1. The van der Waals surface area contributed by atoms with Crippen LogP contribution in [0.4, 0.5) is 0 Å². The molecule has 4 rings (SSSR count). The molecule has 0 N–H and O–H groups in total. The third-order valence-corrected chi connectivity index (χ3v) is 8.02. The van der Waals surface area contributed by atoms with Gasteiger partial charge in [-0.1, -0.05) is 65.7 Å². The number of carbonyl (C=O) groups is 1. The molecule has 0 aliphatic rings. The van der Waals surface area contributed by atoms with Crippen molar-refractivity contribution in [1.82, 2.24) is 9.88 Å². The smallest absolute Gasteiger partial charge is 0.291 e. The van der Waals surface area contributed by atoms with Gasteiger partial charge in [-0.05, 0) is 69.9 Å². The zero-order valence-electron chi connectivity index (χ0n) is 25.0. The second-order valence-corrected chi connectivity index (χ2v) is 11.1. The number of halogens is 1. The highest BCUT2D eigenvalue weighted by atomic mass is 79.9. The molecule has 1 amide bonds. The summed E-state index contributed by atoms with van der Waals surface area (Å²) in [5, 5.41) is 2.39. The fourth-order valence-electron chi connectivity index (χ4n) is 5.82. The Morgan fingerprint density at radius 3 is 2.15 bits per heavy atom. The van der Waals surface area contributed by atoms with E-state index in [1.54, 1.807) is 6.92 Å². The molecule has 0 aliphatic carbocycles. The maximum atomic E-state index is 13.6. The molecule has 0 radical (unpaired) electrons. The molecular weight excluding hydrogens is 562 g/mol. The Hall–Kier alpha value is -2.96. The van der Waals surface area contributed by atoms with E-state index in [2.05, 4.69) is 93.3 Å². The number of oxazole rings is 1. The number of unbranched alkanes of at least 4 members (excludes halogenated alkanes) is 1. The molecule has 40 heavy (non-hydrogen) atoms. The highest BCUT2D eigenvalue weighted by molar-refractivity contribution is 5.92. The second kappa shape index (κ2) is 14.1. The van der Waals surface area contributed by atoms with E-state index < -0.39 is 0 Å². The molecule has 0 saturated heterocycles. The summed E-state index contributed by atoms with van der Waals surface area (Å²) in [4.78, 5) is 19.9. The number of quaternary nitrogens is 1. The van der Waals surface area contributed by atoms with Crippen LogP contribution in [0.25, 0.3) is 10.8 Å². The van der Waals surface area contributed by atoms with Gasteiger partial charge < -0.3 is 30.8 Å². The number of rotatable bonds is 12. The number of aryl methyl sites for hydroxylation is 4. The van der Waals surface area contributed by atoms with Crippen LogP contribution in [-0.4, -0.2) is 46.5 Å². The number of carbonyl (C=O) groups excluding carboxylic acids is 1. The van der Waals surface area contributed by atoms with Crippen LogP contribution < -0.4 is 17.0 Å². The largest absolute Gasteiger partial charge is 1.00 e. The lowest BCUT2D eigenvalue weighted by Crippen LogP contribution is -3.00. The van der Waals surface area contributed by atoms with Crippen LogP contribution >= 0.6 is 0 Å². The zero-order valence-corrected chi connectivity index (χ0v) is 26.6. The molecule has 1 heterocycles. The predicted octanol–water partition coefficient (Wildman–Crippen LogP) is 4.54. The first-order valence-corrected chi connectivity index (χ1v) is 14.3. The molecule has 5 nitrogen and oxygen atoms in total. The fourth-order valence-corrected chi connectivity index (χ4v) is 5.82. The summed E-state index contributed by atoms with van der Waals surface area (Å²) < 4.78 is 6.80. The van der Waals surface area contributed by atoms with Gasteiger partial charge >= 0.3 is 0 Å². The maximum absolute atomic E-state index is 13.6. The molecule has 0 atom stereocenters. The molecule has 6 heteroatoms. The molecule has 0 unspecified atom stereocenters. The predicted molar refractivity (Wildman–Crippen MR) is 160 cm³/mol. The van der Waals surface area contributed by atoms with Crippen molar-refractivity contribution in [2.75, 3.05) is 26.2 Å². The Morgan fingerprint density at radius 1 is 0.850 bits per heavy atom. The van der Waals surface area contributed by atoms with E-state index in [9.17, 15) is 4.79 Å². The molecule has 0 spiro atoms. The van der Waals surface area contributed by atoms with Crippen LogP contribution in [0, 0.1) is 27.7 Å². The third-order valence-electron chi connectivity index (χ3n) is 8.02. The van der Waals surface area contributed by atoms with Crippen LogP contribution in [0.2, 0.25) is 0 Å². The third kappa shape index (κ3) is 7.82. The average Bonchev–Trinajstić information content (AvgIpc) is 3.26. The van der Waals surface area contributed by atoms with Crippen molar-refractivity contribution in [3.63, 3.8) is 0 Å². The molecule has 0 aliphatic heterocycles. The topological polar surface area (TPSA) is 46.3 Å². The van der Waals surface area contributed by atoms with Crippen molar-refractivity contribution in [1.29, 1.82) is 0 Å². The minimum atomic E-state index is -0.0803. The summed E-state index contributed by atoms with van der Waals surface area (Å²) in [7, 11) is 0. The Labute approximate surface area is 250 Å². The van der Waals surface area contributed by atoms with E-state index in [0.717, 1.165) is 49.1 Å². The maximum Gasteiger partial charge on any atom is 0.291 e. The van der Waals surface area contributed by atoms with Crippen molar-refractivity contribution in [2.24, 2.45) is 0 Å². The first kappa shape index (κ1) is 31.6. The zero-order chi connectivity index (χ0) is 28.0. The number of amides is 1. The lowest BCUT2D eigenvalue weighted by atomic mass is 10.1. The van der Waals surface area contributed by atoms with Gasteiger partial charge in [-0.2, -0.15) is 0 Å². The molecule has 3 aromatic carbocycles. The lowest BCUT2D eigenvalue weighted by Gasteiger charge is -2.37. The summed E-state index contributed by atoms with van der Waals surface area (Å²) in [6.45, 7) is 18.2. The van der Waals surface area contributed by atoms with Crippen molar-refractivity contribution in [2.45, 2.75) is 67.5 Å². The summed E-state index contributed by atoms with van der Waals surface area (Å²) in [5.74, 6) is 0.805. The summed E-state index contributed by atoms with van der Waals surface area (Å²) in [6.07, 6.45) is 2.00. The molecule has 4 aromatic rings. The van der Waals surface area contributed by atoms with Gasteiger partial charge in [0.1, 0.15) is 6.54 Å². The van der Waals surface area contributed by atoms with Crippen LogP contribution in [0.1, 0.15) is 71.1 Å². The summed E-state index contributed by atoms with van der Waals surface area (Å²) >= 11 is 0. The van der Waals surface area contributed by atoms with Crippen LogP contribution in [0.15, 0.2) is 65.1 Å². The number of hydrogen-bond acceptors (Lipinski definition) is 3. The van der Waals surface area contributed by atoms with Gasteiger partial charge in [0.15, 0.2) is 5.89 Å². The van der Waals surface area contributed by atoms with Crippen LogP contribution in [-0.2, 0) is 13.1 Å². The van der Waals surface area contributed by atoms with E-state index in [1.807, 2.05) is 11.8 Å². The quantitative estimate of drug-likeness (QED) is 0.176. The van der Waals surface area contributed by atoms with Crippen LogP contribution in [0.3, 0.4) is 0 Å². The van der Waals surface area contributed by atoms with Gasteiger partial charge in [0.25, 0.3) is 5.91 Å². The van der Waals surface area contributed by atoms with Gasteiger partial charge in [-0.15, -0.1) is 0 Å². The van der Waals surface area contributed by atoms with Crippen molar-refractivity contribution in [3.8, 4) is 0 Å². The monoisotopic (exact) mass is 605 g/mol. The molecule has 0 bridgehead atoms. The summed E-state index contributed by atoms with van der Waals surface area (Å²) in [6, 6.07) is 21.7. The number of nitrogens with zero attached hydrogens (tertiary/aromatic N) is 3. The van der Waals surface area contributed by atoms with Gasteiger partial charge in [-0.3, -0.25) is 4.79 Å². The average molecular weight is 607 g/mol. The Bertz CT molecular complexity index is 1400. The van der Waals surface area contributed by atoms with Crippen molar-refractivity contribution < 1.29 is 30.7 Å². The minimum Gasteiger partial charge on any atom is -1.00 e. The second-order valence-electron chi connectivity index (χ2n) is 11.1.